The lowest BCUT2D eigenvalue weighted by molar-refractivity contribution is -0.131. The first kappa shape index (κ1) is 14.3. The summed E-state index contributed by atoms with van der Waals surface area (Å²) in [5.41, 5.74) is 0. The molecular weight excluding hydrogens is 250 g/mol. The molecule has 0 aromatic rings. The Balaban J connectivity index is 1.44. The van der Waals surface area contributed by atoms with Crippen LogP contribution in [0.2, 0.25) is 0 Å². The molecule has 4 nitrogen and oxygen atoms in total. The van der Waals surface area contributed by atoms with Crippen molar-refractivity contribution in [3.8, 4) is 0 Å². The van der Waals surface area contributed by atoms with E-state index in [1.54, 1.807) is 0 Å². The molecular formula is C16H29N3O. The minimum atomic E-state index is 0.367. The molecule has 0 aromatic carbocycles. The van der Waals surface area contributed by atoms with E-state index in [1.807, 2.05) is 11.9 Å². The van der Waals surface area contributed by atoms with Gasteiger partial charge in [-0.3, -0.25) is 4.79 Å². The van der Waals surface area contributed by atoms with Crippen molar-refractivity contribution in [1.82, 2.24) is 15.1 Å². The van der Waals surface area contributed by atoms with Gasteiger partial charge in [0.25, 0.3) is 0 Å². The molecule has 0 aliphatic carbocycles. The number of nitrogens with one attached hydrogen (secondary N) is 1. The number of rotatable bonds is 4. The molecule has 4 heteroatoms. The minimum Gasteiger partial charge on any atom is -0.345 e. The summed E-state index contributed by atoms with van der Waals surface area (Å²) < 4.78 is 0. The maximum atomic E-state index is 12.4. The number of likely N-dealkylation sites (tertiary alicyclic amines) is 1. The Labute approximate surface area is 122 Å². The summed E-state index contributed by atoms with van der Waals surface area (Å²) in [6.07, 6.45) is 7.07. The van der Waals surface area contributed by atoms with E-state index in [0.717, 1.165) is 19.5 Å². The molecule has 1 amide bonds. The first-order valence-corrected chi connectivity index (χ1v) is 8.28. The average Bonchev–Trinajstić information content (AvgIpc) is 2.95. The first-order chi connectivity index (χ1) is 9.60. The smallest absolute Gasteiger partial charge is 0.222 e. The highest BCUT2D eigenvalue weighted by Crippen LogP contribution is 2.33. The van der Waals surface area contributed by atoms with Crippen LogP contribution >= 0.6 is 0 Å². The lowest BCUT2D eigenvalue weighted by Gasteiger charge is -2.30. The predicted octanol–water partition coefficient (Wildman–Crippen LogP) is 1.32. The highest BCUT2D eigenvalue weighted by molar-refractivity contribution is 5.76. The SMILES string of the molecule is CN1CCC(CN(C)C(=O)CC2CC3CCC(C2)N3)C1. The maximum absolute atomic E-state index is 12.4. The van der Waals surface area contributed by atoms with Gasteiger partial charge in [-0.15, -0.1) is 0 Å². The van der Waals surface area contributed by atoms with Crippen LogP contribution in [-0.4, -0.2) is 61.5 Å². The van der Waals surface area contributed by atoms with Gasteiger partial charge in [-0.1, -0.05) is 0 Å². The molecule has 0 spiro atoms. The average molecular weight is 279 g/mol. The fraction of sp³-hybridized carbons (Fsp3) is 0.938. The van der Waals surface area contributed by atoms with E-state index in [-0.39, 0.29) is 0 Å². The van der Waals surface area contributed by atoms with Gasteiger partial charge in [0, 0.05) is 38.6 Å². The molecule has 3 aliphatic rings. The van der Waals surface area contributed by atoms with Crippen molar-refractivity contribution in [1.29, 1.82) is 0 Å². The summed E-state index contributed by atoms with van der Waals surface area (Å²) in [5, 5.41) is 3.66. The van der Waals surface area contributed by atoms with E-state index >= 15 is 0 Å². The molecule has 3 fully saturated rings. The number of fused-ring (bicyclic) bond motifs is 2. The Morgan fingerprint density at radius 1 is 1.20 bits per heavy atom. The lowest BCUT2D eigenvalue weighted by atomic mass is 9.89. The van der Waals surface area contributed by atoms with Gasteiger partial charge in [-0.25, -0.2) is 0 Å². The van der Waals surface area contributed by atoms with Crippen LogP contribution in [0, 0.1) is 11.8 Å². The van der Waals surface area contributed by atoms with E-state index in [4.69, 9.17) is 0 Å². The van der Waals surface area contributed by atoms with E-state index in [2.05, 4.69) is 17.3 Å². The number of carbonyl (C=O) groups is 1. The summed E-state index contributed by atoms with van der Waals surface area (Å²) in [4.78, 5) is 16.8. The molecule has 3 saturated heterocycles. The van der Waals surface area contributed by atoms with Crippen molar-refractivity contribution in [2.24, 2.45) is 11.8 Å². The molecule has 3 rings (SSSR count). The Hall–Kier alpha value is -0.610. The van der Waals surface area contributed by atoms with E-state index in [9.17, 15) is 4.79 Å². The third kappa shape index (κ3) is 3.34. The zero-order chi connectivity index (χ0) is 14.1. The van der Waals surface area contributed by atoms with Crippen LogP contribution in [0.5, 0.6) is 0 Å². The fourth-order valence-corrected chi connectivity index (χ4v) is 4.41. The van der Waals surface area contributed by atoms with Crippen molar-refractivity contribution in [2.45, 2.75) is 50.6 Å². The summed E-state index contributed by atoms with van der Waals surface area (Å²) >= 11 is 0. The highest BCUT2D eigenvalue weighted by Gasteiger charge is 2.34. The second-order valence-electron chi connectivity index (χ2n) is 7.37. The van der Waals surface area contributed by atoms with Gasteiger partial charge < -0.3 is 15.1 Å². The zero-order valence-electron chi connectivity index (χ0n) is 13.0. The van der Waals surface area contributed by atoms with E-state index in [0.29, 0.717) is 29.8 Å². The normalized spacial score (nSPS) is 37.3. The van der Waals surface area contributed by atoms with Crippen LogP contribution in [0.15, 0.2) is 0 Å². The number of amides is 1. The van der Waals surface area contributed by atoms with Gasteiger partial charge in [0.05, 0.1) is 0 Å². The minimum absolute atomic E-state index is 0.367. The first-order valence-electron chi connectivity index (χ1n) is 8.28. The van der Waals surface area contributed by atoms with E-state index in [1.165, 1.54) is 38.6 Å². The quantitative estimate of drug-likeness (QED) is 0.843. The monoisotopic (exact) mass is 279 g/mol. The lowest BCUT2D eigenvalue weighted by Crippen LogP contribution is -2.40. The van der Waals surface area contributed by atoms with Crippen molar-refractivity contribution in [2.75, 3.05) is 33.7 Å². The highest BCUT2D eigenvalue weighted by atomic mass is 16.2. The van der Waals surface area contributed by atoms with Crippen LogP contribution in [0.1, 0.15) is 38.5 Å². The van der Waals surface area contributed by atoms with Gasteiger partial charge in [-0.05, 0) is 57.5 Å². The number of carbonyl (C=O) groups excluding carboxylic acids is 1. The van der Waals surface area contributed by atoms with E-state index < -0.39 is 0 Å². The number of hydrogen-bond donors (Lipinski definition) is 1. The number of nitrogens with zero attached hydrogens (tertiary/aromatic N) is 2. The van der Waals surface area contributed by atoms with Crippen LogP contribution in [-0.2, 0) is 4.79 Å². The van der Waals surface area contributed by atoms with Crippen LogP contribution in [0.3, 0.4) is 0 Å². The van der Waals surface area contributed by atoms with Gasteiger partial charge in [0.1, 0.15) is 0 Å². The molecule has 3 unspecified atom stereocenters. The largest absolute Gasteiger partial charge is 0.345 e. The Kier molecular flexibility index (Phi) is 4.32. The molecule has 0 radical (unpaired) electrons. The molecule has 20 heavy (non-hydrogen) atoms. The summed E-state index contributed by atoms with van der Waals surface area (Å²) in [5.74, 6) is 1.67. The molecule has 3 atom stereocenters. The zero-order valence-corrected chi connectivity index (χ0v) is 13.0. The number of hydrogen-bond acceptors (Lipinski definition) is 3. The van der Waals surface area contributed by atoms with Crippen molar-refractivity contribution in [3.05, 3.63) is 0 Å². The number of piperidine rings is 1. The molecule has 1 N–H and O–H groups in total. The van der Waals surface area contributed by atoms with Crippen LogP contribution in [0.4, 0.5) is 0 Å². The summed E-state index contributed by atoms with van der Waals surface area (Å²) in [6, 6.07) is 1.39. The Morgan fingerprint density at radius 2 is 1.90 bits per heavy atom. The predicted molar refractivity (Wildman–Crippen MR) is 80.5 cm³/mol. The molecule has 0 saturated carbocycles. The molecule has 114 valence electrons. The van der Waals surface area contributed by atoms with Crippen LogP contribution < -0.4 is 5.32 Å². The van der Waals surface area contributed by atoms with Gasteiger partial charge in [0.15, 0.2) is 0 Å². The molecule has 2 bridgehead atoms. The second kappa shape index (κ2) is 6.02. The topological polar surface area (TPSA) is 35.6 Å². The summed E-state index contributed by atoms with van der Waals surface area (Å²) in [6.45, 7) is 3.28. The molecule has 0 aromatic heterocycles. The standard InChI is InChI=1S/C16H29N3O/c1-18-6-5-12(10-18)11-19(2)16(20)9-13-7-14-3-4-15(8-13)17-14/h12-15,17H,3-11H2,1-2H3. The Bertz CT molecular complexity index is 348. The van der Waals surface area contributed by atoms with Crippen LogP contribution in [0.25, 0.3) is 0 Å². The Morgan fingerprint density at radius 3 is 2.50 bits per heavy atom. The molecule has 3 heterocycles. The third-order valence-electron chi connectivity index (χ3n) is 5.48. The van der Waals surface area contributed by atoms with Gasteiger partial charge in [0.2, 0.25) is 5.91 Å². The second-order valence-corrected chi connectivity index (χ2v) is 7.37. The van der Waals surface area contributed by atoms with Gasteiger partial charge in [-0.2, -0.15) is 0 Å². The maximum Gasteiger partial charge on any atom is 0.222 e. The summed E-state index contributed by atoms with van der Waals surface area (Å²) in [7, 11) is 4.17. The van der Waals surface area contributed by atoms with Crippen molar-refractivity contribution >= 4 is 5.91 Å². The van der Waals surface area contributed by atoms with Crippen molar-refractivity contribution < 1.29 is 4.79 Å². The van der Waals surface area contributed by atoms with Gasteiger partial charge >= 0.3 is 0 Å². The fourth-order valence-electron chi connectivity index (χ4n) is 4.41. The van der Waals surface area contributed by atoms with Crippen molar-refractivity contribution in [3.63, 3.8) is 0 Å². The molecule has 3 aliphatic heterocycles. The third-order valence-corrected chi connectivity index (χ3v) is 5.48.